The van der Waals surface area contributed by atoms with Crippen LogP contribution in [0.2, 0.25) is 0 Å². The molecule has 20 N–H and O–H groups in total. The molecule has 0 saturated carbocycles. The van der Waals surface area contributed by atoms with Gasteiger partial charge in [-0.1, -0.05) is 80.1 Å². The third kappa shape index (κ3) is 57.3. The van der Waals surface area contributed by atoms with E-state index in [0.29, 0.717) is 32.1 Å². The van der Waals surface area contributed by atoms with Crippen molar-refractivity contribution >= 4 is 253 Å². The van der Waals surface area contributed by atoms with Crippen molar-refractivity contribution in [2.24, 2.45) is 0 Å². The highest BCUT2D eigenvalue weighted by molar-refractivity contribution is 8.19. The number of hydrogen-bond donors (Lipinski definition) is 40. The molecule has 0 fully saturated rings. The van der Waals surface area contributed by atoms with Gasteiger partial charge in [0.1, 0.15) is 6.82 Å². The molecule has 0 aliphatic rings. The second-order valence-corrected chi connectivity index (χ2v) is 37.0. The molecule has 0 radical (unpaired) electrons. The highest BCUT2D eigenvalue weighted by Gasteiger charge is 2.46. The Morgan fingerprint density at radius 2 is 0.476 bits per heavy atom. The van der Waals surface area contributed by atoms with Crippen molar-refractivity contribution in [1.29, 1.82) is 0 Å². The predicted molar refractivity (Wildman–Crippen MR) is 406 cm³/mol. The first-order chi connectivity index (χ1) is 36.8. The first-order valence-electron chi connectivity index (χ1n) is 25.5. The van der Waals surface area contributed by atoms with Gasteiger partial charge in [0, 0.05) is 62.2 Å². The molecule has 0 aromatic rings. The van der Waals surface area contributed by atoms with Gasteiger partial charge in [0.15, 0.2) is 18.4 Å². The van der Waals surface area contributed by atoms with Crippen LogP contribution < -0.4 is 0 Å². The van der Waals surface area contributed by atoms with Gasteiger partial charge in [0.2, 0.25) is 31.7 Å². The van der Waals surface area contributed by atoms with Gasteiger partial charge in [-0.05, 0) is 51.4 Å². The molecule has 520 valence electrons. The number of aliphatic hydroxyl groups excluding tert-OH is 2. The van der Waals surface area contributed by atoms with Gasteiger partial charge in [-0.3, -0.25) is 0 Å². The molecule has 0 saturated heterocycles. The van der Waals surface area contributed by atoms with E-state index in [1.807, 2.05) is 27.7 Å². The maximum atomic E-state index is 9.31. The molecule has 0 aliphatic carbocycles. The van der Waals surface area contributed by atoms with E-state index >= 15 is 0 Å². The summed E-state index contributed by atoms with van der Waals surface area (Å²) in [7, 11) is 0. The van der Waals surface area contributed by atoms with Crippen LogP contribution in [0.15, 0.2) is 0 Å². The van der Waals surface area contributed by atoms with E-state index in [1.165, 1.54) is 0 Å². The van der Waals surface area contributed by atoms with Crippen molar-refractivity contribution in [3.63, 3.8) is 0 Å². The van der Waals surface area contributed by atoms with Crippen LogP contribution in [0.4, 0.5) is 0 Å². The number of thiol groups is 20. The van der Waals surface area contributed by atoms with Crippen LogP contribution in [0, 0.1) is 0 Å². The minimum absolute atomic E-state index is 0.00495. The van der Waals surface area contributed by atoms with Crippen molar-refractivity contribution in [2.45, 2.75) is 248 Å². The summed E-state index contributed by atoms with van der Waals surface area (Å²) in [4.78, 5) is 0. The molecule has 0 bridgehead atoms. The SMILES string of the molecule is CCCC(O)(O)C(O)(O)S.CCCC(O)(O)C(O)(S)S.CCCC(O)(O)C(S)(S)S.CCCCC(O)(O)C(O)(O)S.CCCCC(O)(O)C(O)(S)S.CCCCC(O)(O)C(S)(S)S.OCCCC(S)C(S)(S)S.OCCCCC(S)C(S)(S)S. The Labute approximate surface area is 608 Å². The Bertz CT molecular complexity index is 1410. The molecule has 2 unspecified atom stereocenters. The fourth-order valence-corrected chi connectivity index (χ4v) is 6.92. The maximum Gasteiger partial charge on any atom is 0.266 e. The van der Waals surface area contributed by atoms with Crippen LogP contribution in [-0.4, -0.2) is 193 Å². The Balaban J connectivity index is -0.000000131. The molecule has 2 atom stereocenters. The zero-order chi connectivity index (χ0) is 69.7. The van der Waals surface area contributed by atoms with Crippen LogP contribution in [0.25, 0.3) is 0 Å². The van der Waals surface area contributed by atoms with E-state index in [0.717, 1.165) is 57.8 Å². The first kappa shape index (κ1) is 106. The molecule has 0 heterocycles. The van der Waals surface area contributed by atoms with E-state index in [4.69, 9.17) is 81.7 Å². The van der Waals surface area contributed by atoms with Crippen LogP contribution in [0.1, 0.15) is 170 Å². The van der Waals surface area contributed by atoms with E-state index < -0.39 is 67.1 Å². The van der Waals surface area contributed by atoms with Crippen molar-refractivity contribution in [1.82, 2.24) is 0 Å². The summed E-state index contributed by atoms with van der Waals surface area (Å²) >= 11 is 76.5. The third-order valence-corrected chi connectivity index (χ3v) is 18.8. The average molecular weight is 1590 g/mol. The zero-order valence-corrected chi connectivity index (χ0v) is 65.5. The summed E-state index contributed by atoms with van der Waals surface area (Å²) in [6.45, 7) is 11.4. The van der Waals surface area contributed by atoms with Crippen molar-refractivity contribution in [3.05, 3.63) is 0 Å². The number of unbranched alkanes of at least 4 members (excludes halogenated alkanes) is 4. The summed E-state index contributed by atoms with van der Waals surface area (Å²) in [5.74, 6) is -13.4. The zero-order valence-electron chi connectivity index (χ0n) is 47.6. The Morgan fingerprint density at radius 3 is 0.667 bits per heavy atom. The molecular formula is C44H104O20S20. The van der Waals surface area contributed by atoms with Crippen molar-refractivity contribution in [3.8, 4) is 0 Å². The monoisotopic (exact) mass is 1590 g/mol. The largest absolute Gasteiger partial charge is 0.396 e. The van der Waals surface area contributed by atoms with Gasteiger partial charge in [-0.25, -0.2) is 0 Å². The highest BCUT2D eigenvalue weighted by atomic mass is 32.2. The Morgan fingerprint density at radius 1 is 0.262 bits per heavy atom. The van der Waals surface area contributed by atoms with Gasteiger partial charge in [-0.2, -0.15) is 101 Å². The van der Waals surface area contributed by atoms with E-state index in [-0.39, 0.29) is 62.2 Å². The third-order valence-electron chi connectivity index (χ3n) is 10.1. The number of rotatable bonds is 30. The van der Waals surface area contributed by atoms with E-state index in [1.54, 1.807) is 13.8 Å². The second kappa shape index (κ2) is 49.7. The summed E-state index contributed by atoms with van der Waals surface area (Å²) in [5, 5.41) is 173. The topological polar surface area (TPSA) is 405 Å². The van der Waals surface area contributed by atoms with Crippen LogP contribution in [-0.2, 0) is 0 Å². The molecule has 0 rings (SSSR count). The molecule has 0 aromatic carbocycles. The van der Waals surface area contributed by atoms with E-state index in [9.17, 15) is 20.4 Å². The summed E-state index contributed by atoms with van der Waals surface area (Å²) in [6, 6.07) is 0. The van der Waals surface area contributed by atoms with Crippen molar-refractivity contribution in [2.75, 3.05) is 13.2 Å². The van der Waals surface area contributed by atoms with Gasteiger partial charge in [0.25, 0.3) is 10.2 Å². The molecular weight excluding hydrogens is 1490 g/mol. The lowest BCUT2D eigenvalue weighted by Gasteiger charge is -2.32. The summed E-state index contributed by atoms with van der Waals surface area (Å²) in [6.07, 6.45) is 10.3. The van der Waals surface area contributed by atoms with Crippen LogP contribution in [0.3, 0.4) is 0 Å². The number of aliphatic hydroxyl groups is 20. The molecule has 84 heavy (non-hydrogen) atoms. The second-order valence-electron chi connectivity index (χ2n) is 18.8. The fourth-order valence-electron chi connectivity index (χ4n) is 4.44. The normalized spacial score (nSPS) is 14.1. The minimum atomic E-state index is -2.75. The summed E-state index contributed by atoms with van der Waals surface area (Å²) < 4.78 is -8.10. The van der Waals surface area contributed by atoms with Gasteiger partial charge >= 0.3 is 0 Å². The number of hydrogen-bond acceptors (Lipinski definition) is 40. The average Bonchev–Trinajstić information content (AvgIpc) is 3.27. The Hall–Kier alpha value is 6.20. The van der Waals surface area contributed by atoms with Crippen LogP contribution in [0.5, 0.6) is 0 Å². The molecule has 0 spiro atoms. The fraction of sp³-hybridized carbons (Fsp3) is 1.00. The summed E-state index contributed by atoms with van der Waals surface area (Å²) in [5.41, 5.74) is 0. The smallest absolute Gasteiger partial charge is 0.266 e. The first-order valence-corrected chi connectivity index (χ1v) is 34.5. The molecule has 0 aliphatic heterocycles. The quantitative estimate of drug-likeness (QED) is 0.0269. The Kier molecular flexibility index (Phi) is 62.8. The maximum absolute atomic E-state index is 9.31. The molecule has 40 heteroatoms. The van der Waals surface area contributed by atoms with Gasteiger partial charge in [-0.15, -0.1) is 152 Å². The van der Waals surface area contributed by atoms with Crippen LogP contribution >= 0.6 is 253 Å². The molecule has 0 amide bonds. The van der Waals surface area contributed by atoms with Crippen molar-refractivity contribution < 1.29 is 102 Å². The standard InChI is InChI=1S/C6H14O4S.C6H14O3S2.C6H14O2S3.C6H14OS4.C5H12O4S.C5H12O3S2.C5H12O2S3.C5H12OS4/c3*1-2-3-4-5(7,8)6(9,10)11;7-4-2-1-3-5(8)6(9,10)11;3*1-2-3-4(6,7)5(8,9)10;6-3-1-2-4(7)5(8,9)10/h3*7-11H,2-4H2,1H3;5,7-11H,1-4H2;3*6-10H,2-3H2,1H3;4,6-10H,1-3H2. The molecule has 20 nitrogen and oxygen atoms in total. The predicted octanol–water partition coefficient (Wildman–Crippen LogP) is 4.40. The lowest BCUT2D eigenvalue weighted by Crippen LogP contribution is -2.50. The van der Waals surface area contributed by atoms with E-state index in [2.05, 4.69) is 253 Å². The highest BCUT2D eigenvalue weighted by Crippen LogP contribution is 2.40. The molecule has 0 aromatic heterocycles. The van der Waals surface area contributed by atoms with Gasteiger partial charge in [0.05, 0.1) is 0 Å². The lowest BCUT2D eigenvalue weighted by molar-refractivity contribution is -0.311. The lowest BCUT2D eigenvalue weighted by atomic mass is 10.1. The van der Waals surface area contributed by atoms with Gasteiger partial charge < -0.3 is 102 Å². The minimum Gasteiger partial charge on any atom is -0.396 e.